The minimum Gasteiger partial charge on any atom is -0.377 e. The highest BCUT2D eigenvalue weighted by Crippen LogP contribution is 2.23. The summed E-state index contributed by atoms with van der Waals surface area (Å²) in [6, 6.07) is 7.04. The van der Waals surface area contributed by atoms with Crippen molar-refractivity contribution in [3.05, 3.63) is 29.8 Å². The van der Waals surface area contributed by atoms with E-state index in [0.717, 1.165) is 49.7 Å². The Kier molecular flexibility index (Phi) is 7.52. The second-order valence-electron chi connectivity index (χ2n) is 7.29. The standard InChI is InChI=1S/C19H29BrN2O3S/c20-15-16-3-9-19(10-4-16)26(23,24)21-17-5-7-18(8-6-17)25-14-13-22-11-1-2-12-22/h3-4,9-10,17-18,21H,1-2,5-8,11-15H2. The zero-order chi connectivity index (χ0) is 18.4. The number of likely N-dealkylation sites (tertiary alicyclic amines) is 1. The third-order valence-electron chi connectivity index (χ3n) is 5.34. The number of nitrogens with one attached hydrogen (secondary N) is 1. The van der Waals surface area contributed by atoms with Crippen LogP contribution in [0.3, 0.4) is 0 Å². The molecule has 0 radical (unpaired) electrons. The Morgan fingerprint density at radius 2 is 1.73 bits per heavy atom. The van der Waals surface area contributed by atoms with Crippen LogP contribution >= 0.6 is 15.9 Å². The summed E-state index contributed by atoms with van der Waals surface area (Å²) in [6.07, 6.45) is 6.43. The third kappa shape index (κ3) is 5.76. The van der Waals surface area contributed by atoms with E-state index in [-0.39, 0.29) is 12.1 Å². The molecule has 26 heavy (non-hydrogen) atoms. The smallest absolute Gasteiger partial charge is 0.240 e. The van der Waals surface area contributed by atoms with Crippen LogP contribution in [-0.4, -0.2) is 51.7 Å². The lowest BCUT2D eigenvalue weighted by atomic mass is 9.94. The van der Waals surface area contributed by atoms with Gasteiger partial charge in [-0.25, -0.2) is 13.1 Å². The fourth-order valence-corrected chi connectivity index (χ4v) is 5.43. The molecule has 2 aliphatic rings. The number of alkyl halides is 1. The first-order valence-electron chi connectivity index (χ1n) is 9.58. The molecule has 1 aromatic carbocycles. The van der Waals surface area contributed by atoms with E-state index in [4.69, 9.17) is 4.74 Å². The van der Waals surface area contributed by atoms with E-state index in [1.54, 1.807) is 12.1 Å². The Bertz CT molecular complexity index is 652. The van der Waals surface area contributed by atoms with Crippen molar-refractivity contribution >= 4 is 26.0 Å². The molecule has 1 N–H and O–H groups in total. The Labute approximate surface area is 165 Å². The average molecular weight is 445 g/mol. The zero-order valence-electron chi connectivity index (χ0n) is 15.2. The average Bonchev–Trinajstić information content (AvgIpc) is 3.16. The van der Waals surface area contributed by atoms with Crippen molar-refractivity contribution in [2.24, 2.45) is 0 Å². The van der Waals surface area contributed by atoms with Gasteiger partial charge in [-0.3, -0.25) is 0 Å². The highest BCUT2D eigenvalue weighted by atomic mass is 79.9. The lowest BCUT2D eigenvalue weighted by Crippen LogP contribution is -2.39. The molecule has 146 valence electrons. The normalized spacial score (nSPS) is 24.8. The number of ether oxygens (including phenoxy) is 1. The van der Waals surface area contributed by atoms with Gasteiger partial charge in [-0.2, -0.15) is 0 Å². The number of nitrogens with zero attached hydrogens (tertiary/aromatic N) is 1. The number of rotatable bonds is 8. The van der Waals surface area contributed by atoms with Gasteiger partial charge >= 0.3 is 0 Å². The highest BCUT2D eigenvalue weighted by Gasteiger charge is 2.26. The van der Waals surface area contributed by atoms with E-state index in [1.807, 2.05) is 12.1 Å². The van der Waals surface area contributed by atoms with E-state index in [1.165, 1.54) is 25.9 Å². The molecule has 7 heteroatoms. The molecule has 0 spiro atoms. The summed E-state index contributed by atoms with van der Waals surface area (Å²) in [5.41, 5.74) is 1.07. The van der Waals surface area contributed by atoms with Crippen LogP contribution in [0.1, 0.15) is 44.1 Å². The minimum atomic E-state index is -3.44. The van der Waals surface area contributed by atoms with Gasteiger partial charge < -0.3 is 9.64 Å². The van der Waals surface area contributed by atoms with Gasteiger partial charge in [0.15, 0.2) is 0 Å². The first kappa shape index (κ1) is 20.3. The van der Waals surface area contributed by atoms with E-state index in [0.29, 0.717) is 4.90 Å². The quantitative estimate of drug-likeness (QED) is 0.624. The van der Waals surface area contributed by atoms with Gasteiger partial charge in [0.2, 0.25) is 10.0 Å². The molecule has 3 rings (SSSR count). The summed E-state index contributed by atoms with van der Waals surface area (Å²) in [5, 5.41) is 0.725. The molecular weight excluding hydrogens is 416 g/mol. The Hall–Kier alpha value is -0.470. The summed E-state index contributed by atoms with van der Waals surface area (Å²) in [4.78, 5) is 2.80. The number of halogens is 1. The maximum absolute atomic E-state index is 12.5. The number of hydrogen-bond acceptors (Lipinski definition) is 4. The summed E-state index contributed by atoms with van der Waals surface area (Å²) >= 11 is 3.38. The highest BCUT2D eigenvalue weighted by molar-refractivity contribution is 9.08. The van der Waals surface area contributed by atoms with Crippen molar-refractivity contribution in [3.8, 4) is 0 Å². The molecule has 1 aliphatic heterocycles. The van der Waals surface area contributed by atoms with Crippen LogP contribution in [0.15, 0.2) is 29.2 Å². The lowest BCUT2D eigenvalue weighted by molar-refractivity contribution is 0.0149. The van der Waals surface area contributed by atoms with Crippen molar-refractivity contribution in [1.29, 1.82) is 0 Å². The molecule has 2 fully saturated rings. The van der Waals surface area contributed by atoms with E-state index >= 15 is 0 Å². The molecule has 0 aromatic heterocycles. The van der Waals surface area contributed by atoms with Crippen LogP contribution in [0.5, 0.6) is 0 Å². The molecule has 1 heterocycles. The van der Waals surface area contributed by atoms with Crippen LogP contribution < -0.4 is 4.72 Å². The Morgan fingerprint density at radius 1 is 1.08 bits per heavy atom. The van der Waals surface area contributed by atoms with Gasteiger partial charge in [-0.15, -0.1) is 0 Å². The predicted molar refractivity (Wildman–Crippen MR) is 107 cm³/mol. The van der Waals surface area contributed by atoms with Crippen molar-refractivity contribution in [3.63, 3.8) is 0 Å². The number of hydrogen-bond donors (Lipinski definition) is 1. The monoisotopic (exact) mass is 444 g/mol. The molecule has 0 bridgehead atoms. The van der Waals surface area contributed by atoms with Crippen molar-refractivity contribution < 1.29 is 13.2 Å². The van der Waals surface area contributed by atoms with Gasteiger partial charge in [0.1, 0.15) is 0 Å². The topological polar surface area (TPSA) is 58.6 Å². The summed E-state index contributed by atoms with van der Waals surface area (Å²) < 4.78 is 34.0. The summed E-state index contributed by atoms with van der Waals surface area (Å²) in [7, 11) is -3.44. The van der Waals surface area contributed by atoms with Gasteiger partial charge in [0, 0.05) is 17.9 Å². The third-order valence-corrected chi connectivity index (χ3v) is 7.53. The largest absolute Gasteiger partial charge is 0.377 e. The summed E-state index contributed by atoms with van der Waals surface area (Å²) in [6.45, 7) is 4.22. The van der Waals surface area contributed by atoms with Crippen LogP contribution in [0.25, 0.3) is 0 Å². The molecule has 0 atom stereocenters. The number of benzene rings is 1. The van der Waals surface area contributed by atoms with Crippen LogP contribution in [-0.2, 0) is 20.1 Å². The Balaban J connectivity index is 1.41. The predicted octanol–water partition coefficient (Wildman–Crippen LogP) is 3.28. The van der Waals surface area contributed by atoms with Gasteiger partial charge in [0.25, 0.3) is 0 Å². The molecule has 1 aromatic rings. The van der Waals surface area contributed by atoms with Crippen molar-refractivity contribution in [1.82, 2.24) is 9.62 Å². The van der Waals surface area contributed by atoms with Gasteiger partial charge in [-0.05, 0) is 69.3 Å². The van der Waals surface area contributed by atoms with Crippen molar-refractivity contribution in [2.75, 3.05) is 26.2 Å². The molecule has 0 unspecified atom stereocenters. The second kappa shape index (κ2) is 9.64. The van der Waals surface area contributed by atoms with E-state index in [9.17, 15) is 8.42 Å². The molecule has 1 saturated heterocycles. The van der Waals surface area contributed by atoms with Gasteiger partial charge in [0.05, 0.1) is 17.6 Å². The summed E-state index contributed by atoms with van der Waals surface area (Å²) in [5.74, 6) is 0. The van der Waals surface area contributed by atoms with E-state index < -0.39 is 10.0 Å². The lowest BCUT2D eigenvalue weighted by Gasteiger charge is -2.29. The fraction of sp³-hybridized carbons (Fsp3) is 0.684. The van der Waals surface area contributed by atoms with Crippen LogP contribution in [0.4, 0.5) is 0 Å². The second-order valence-corrected chi connectivity index (χ2v) is 9.57. The first-order chi connectivity index (χ1) is 12.6. The molecule has 0 amide bonds. The van der Waals surface area contributed by atoms with Crippen LogP contribution in [0, 0.1) is 0 Å². The van der Waals surface area contributed by atoms with Crippen LogP contribution in [0.2, 0.25) is 0 Å². The molecule has 1 saturated carbocycles. The van der Waals surface area contributed by atoms with Gasteiger partial charge in [-0.1, -0.05) is 28.1 Å². The molecular formula is C19H29BrN2O3S. The maximum atomic E-state index is 12.5. The van der Waals surface area contributed by atoms with Crippen molar-refractivity contribution in [2.45, 2.75) is 60.9 Å². The number of sulfonamides is 1. The maximum Gasteiger partial charge on any atom is 0.240 e. The molecule has 1 aliphatic carbocycles. The minimum absolute atomic E-state index is 0.00860. The van der Waals surface area contributed by atoms with E-state index in [2.05, 4.69) is 25.6 Å². The fourth-order valence-electron chi connectivity index (χ4n) is 3.75. The first-order valence-corrected chi connectivity index (χ1v) is 12.2. The Morgan fingerprint density at radius 3 is 2.35 bits per heavy atom. The SMILES string of the molecule is O=S(=O)(NC1CCC(OCCN2CCCC2)CC1)c1ccc(CBr)cc1. The molecule has 5 nitrogen and oxygen atoms in total. The zero-order valence-corrected chi connectivity index (χ0v) is 17.6.